The first-order chi connectivity index (χ1) is 15.6. The van der Waals surface area contributed by atoms with Gasteiger partial charge in [0.15, 0.2) is 0 Å². The average Bonchev–Trinajstić information content (AvgIpc) is 3.16. The van der Waals surface area contributed by atoms with Crippen molar-refractivity contribution in [1.29, 1.82) is 0 Å². The molecule has 0 spiro atoms. The highest BCUT2D eigenvalue weighted by Crippen LogP contribution is 2.29. The summed E-state index contributed by atoms with van der Waals surface area (Å²) in [5.41, 5.74) is 2.95. The molecule has 3 rings (SSSR count). The van der Waals surface area contributed by atoms with Crippen molar-refractivity contribution in [2.24, 2.45) is 0 Å². The van der Waals surface area contributed by atoms with Crippen LogP contribution in [-0.2, 0) is 19.6 Å². The molecule has 0 aliphatic carbocycles. The number of hydrogen-bond acceptors (Lipinski definition) is 6. The summed E-state index contributed by atoms with van der Waals surface area (Å²) in [6, 6.07) is 4.15. The summed E-state index contributed by atoms with van der Waals surface area (Å²) in [5.74, 6) is 0. The number of piperazine rings is 1. The highest BCUT2D eigenvalue weighted by Gasteiger charge is 2.22. The first kappa shape index (κ1) is 31.4. The molecule has 1 amide bonds. The predicted molar refractivity (Wildman–Crippen MR) is 141 cm³/mol. The molecule has 1 aliphatic heterocycles. The van der Waals surface area contributed by atoms with E-state index in [1.54, 1.807) is 18.1 Å². The number of aryl methyl sites for hydroxylation is 1. The Morgan fingerprint density at radius 2 is 1.85 bits per heavy atom. The molecule has 1 aromatic carbocycles. The van der Waals surface area contributed by atoms with Crippen LogP contribution < -0.4 is 5.32 Å². The molecule has 1 aliphatic rings. The van der Waals surface area contributed by atoms with Crippen molar-refractivity contribution in [3.05, 3.63) is 34.0 Å². The van der Waals surface area contributed by atoms with Crippen molar-refractivity contribution in [2.75, 3.05) is 32.8 Å². The van der Waals surface area contributed by atoms with Crippen molar-refractivity contribution in [1.82, 2.24) is 10.2 Å². The number of hydrogen-bond donors (Lipinski definition) is 1. The van der Waals surface area contributed by atoms with Crippen LogP contribution in [0.25, 0.3) is 11.0 Å². The molecule has 1 N–H and O–H groups in total. The smallest absolute Gasteiger partial charge is 0.410 e. The number of fused-ring (bicyclic) bond motifs is 1. The van der Waals surface area contributed by atoms with Gasteiger partial charge in [0.1, 0.15) is 11.2 Å². The molecule has 2 aromatic rings. The standard InChI is InChI=1S/C10H8Br2O.C9H18N2O2.C3H6O2.C2H6/c1-6-5-13-10-7(4-11)2-8(12)3-9(6)10;1-9(2,3)13-8(12)11-6-4-10-5-7-11;1-2-5-3-4;1-2/h2-3,5H,4H2,1H3;10H,4-7H2,1-3H3;3H,2H2,1H3;1-2H3. The lowest BCUT2D eigenvalue weighted by atomic mass is 10.1. The third kappa shape index (κ3) is 12.5. The van der Waals surface area contributed by atoms with Gasteiger partial charge >= 0.3 is 6.09 Å². The van der Waals surface area contributed by atoms with E-state index in [0.29, 0.717) is 13.1 Å². The number of rotatable bonds is 3. The number of carbonyl (C=O) groups excluding carboxylic acids is 2. The minimum Gasteiger partial charge on any atom is -0.468 e. The molecule has 188 valence electrons. The molecule has 2 heterocycles. The van der Waals surface area contributed by atoms with Crippen LogP contribution in [0.4, 0.5) is 4.79 Å². The van der Waals surface area contributed by atoms with Crippen LogP contribution in [0.3, 0.4) is 0 Å². The van der Waals surface area contributed by atoms with Crippen LogP contribution in [0.1, 0.15) is 52.7 Å². The Hall–Kier alpha value is -1.58. The van der Waals surface area contributed by atoms with E-state index >= 15 is 0 Å². The lowest BCUT2D eigenvalue weighted by Gasteiger charge is -2.30. The SMILES string of the molecule is CC.CC(C)(C)OC(=O)N1CCNCC1.CCOC=O.Cc1coc2c(CBr)cc(Br)cc12. The minimum absolute atomic E-state index is 0.200. The molecule has 0 atom stereocenters. The Morgan fingerprint density at radius 3 is 2.30 bits per heavy atom. The van der Waals surface area contributed by atoms with E-state index in [2.05, 4.69) is 61.0 Å². The second-order valence-electron chi connectivity index (χ2n) is 7.76. The summed E-state index contributed by atoms with van der Waals surface area (Å²) < 4.78 is 16.0. The highest BCUT2D eigenvalue weighted by molar-refractivity contribution is 9.10. The second kappa shape index (κ2) is 16.9. The zero-order valence-corrected chi connectivity index (χ0v) is 24.0. The maximum absolute atomic E-state index is 11.5. The van der Waals surface area contributed by atoms with Crippen LogP contribution in [0.2, 0.25) is 0 Å². The molecule has 7 nitrogen and oxygen atoms in total. The highest BCUT2D eigenvalue weighted by atomic mass is 79.9. The van der Waals surface area contributed by atoms with E-state index in [1.807, 2.05) is 34.6 Å². The molecule has 0 bridgehead atoms. The molecule has 1 fully saturated rings. The Balaban J connectivity index is 0.000000488. The molecule has 0 unspecified atom stereocenters. The summed E-state index contributed by atoms with van der Waals surface area (Å²) in [4.78, 5) is 22.4. The van der Waals surface area contributed by atoms with Gasteiger partial charge in [0.05, 0.1) is 12.9 Å². The van der Waals surface area contributed by atoms with Crippen molar-refractivity contribution in [3.8, 4) is 0 Å². The van der Waals surface area contributed by atoms with E-state index in [1.165, 1.54) is 16.5 Å². The maximum Gasteiger partial charge on any atom is 0.410 e. The van der Waals surface area contributed by atoms with Crippen molar-refractivity contribution in [3.63, 3.8) is 0 Å². The van der Waals surface area contributed by atoms with E-state index in [0.717, 1.165) is 41.6 Å². The molecular formula is C24H38Br2N2O5. The monoisotopic (exact) mass is 592 g/mol. The predicted octanol–water partition coefficient (Wildman–Crippen LogP) is 6.43. The Labute approximate surface area is 214 Å². The number of halogens is 2. The van der Waals surface area contributed by atoms with Crippen LogP contribution in [0.15, 0.2) is 27.3 Å². The van der Waals surface area contributed by atoms with Crippen molar-refractivity contribution >= 4 is 55.4 Å². The first-order valence-corrected chi connectivity index (χ1v) is 13.0. The fourth-order valence-corrected chi connectivity index (χ4v) is 3.56. The van der Waals surface area contributed by atoms with Crippen molar-refractivity contribution < 1.29 is 23.5 Å². The van der Waals surface area contributed by atoms with E-state index < -0.39 is 0 Å². The molecule has 0 radical (unpaired) electrons. The quantitative estimate of drug-likeness (QED) is 0.326. The molecule has 0 saturated carbocycles. The van der Waals surface area contributed by atoms with Gasteiger partial charge in [0.25, 0.3) is 6.47 Å². The Kier molecular flexibility index (Phi) is 16.1. The summed E-state index contributed by atoms with van der Waals surface area (Å²) in [6.07, 6.45) is 1.59. The van der Waals surface area contributed by atoms with E-state index in [4.69, 9.17) is 9.15 Å². The molecule has 1 aromatic heterocycles. The van der Waals surface area contributed by atoms with Crippen LogP contribution >= 0.6 is 31.9 Å². The van der Waals surface area contributed by atoms with Crippen LogP contribution in [-0.4, -0.2) is 55.9 Å². The van der Waals surface area contributed by atoms with Gasteiger partial charge in [-0.2, -0.15) is 0 Å². The lowest BCUT2D eigenvalue weighted by Crippen LogP contribution is -2.48. The fraction of sp³-hybridized carbons (Fsp3) is 0.583. The number of ether oxygens (including phenoxy) is 2. The van der Waals surface area contributed by atoms with Gasteiger partial charge in [-0.25, -0.2) is 4.79 Å². The number of carbonyl (C=O) groups is 2. The van der Waals surface area contributed by atoms with Crippen LogP contribution in [0, 0.1) is 6.92 Å². The normalized spacial score (nSPS) is 12.8. The van der Waals surface area contributed by atoms with Gasteiger partial charge < -0.3 is 24.1 Å². The molecule has 33 heavy (non-hydrogen) atoms. The number of alkyl halides is 1. The largest absolute Gasteiger partial charge is 0.468 e. The van der Waals surface area contributed by atoms with Gasteiger partial charge in [-0.15, -0.1) is 0 Å². The lowest BCUT2D eigenvalue weighted by molar-refractivity contribution is -0.128. The van der Waals surface area contributed by atoms with Gasteiger partial charge in [-0.3, -0.25) is 4.79 Å². The number of nitrogens with one attached hydrogen (secondary N) is 1. The van der Waals surface area contributed by atoms with Gasteiger partial charge in [0, 0.05) is 46.9 Å². The topological polar surface area (TPSA) is 81.0 Å². The second-order valence-corrected chi connectivity index (χ2v) is 9.24. The summed E-state index contributed by atoms with van der Waals surface area (Å²) in [7, 11) is 0. The molecular weight excluding hydrogens is 556 g/mol. The number of nitrogens with zero attached hydrogens (tertiary/aromatic N) is 1. The average molecular weight is 594 g/mol. The molecule has 9 heteroatoms. The zero-order valence-electron chi connectivity index (χ0n) is 20.8. The summed E-state index contributed by atoms with van der Waals surface area (Å²) >= 11 is 6.92. The zero-order chi connectivity index (χ0) is 25.4. The number of amides is 1. The third-order valence-corrected chi connectivity index (χ3v) is 5.12. The minimum atomic E-state index is -0.387. The van der Waals surface area contributed by atoms with E-state index in [9.17, 15) is 9.59 Å². The Morgan fingerprint density at radius 1 is 1.24 bits per heavy atom. The van der Waals surface area contributed by atoms with E-state index in [-0.39, 0.29) is 11.7 Å². The fourth-order valence-electron chi connectivity index (χ4n) is 2.63. The number of benzene rings is 1. The Bertz CT molecular complexity index is 828. The van der Waals surface area contributed by atoms with Gasteiger partial charge in [-0.05, 0) is 52.3 Å². The maximum atomic E-state index is 11.5. The third-order valence-electron chi connectivity index (χ3n) is 4.06. The van der Waals surface area contributed by atoms with Crippen LogP contribution in [0.5, 0.6) is 0 Å². The molecule has 1 saturated heterocycles. The summed E-state index contributed by atoms with van der Waals surface area (Å²) in [5, 5.41) is 5.18. The summed E-state index contributed by atoms with van der Waals surface area (Å²) in [6.45, 7) is 17.6. The van der Waals surface area contributed by atoms with Crippen molar-refractivity contribution in [2.45, 2.75) is 59.4 Å². The first-order valence-electron chi connectivity index (χ1n) is 11.1. The van der Waals surface area contributed by atoms with Gasteiger partial charge in [0.2, 0.25) is 0 Å². The number of furan rings is 1. The van der Waals surface area contributed by atoms with Gasteiger partial charge in [-0.1, -0.05) is 45.7 Å².